The number of aliphatic hydroxyl groups is 1. The van der Waals surface area contributed by atoms with Crippen molar-refractivity contribution >= 4 is 26.3 Å². The molecule has 0 aliphatic carbocycles. The summed E-state index contributed by atoms with van der Waals surface area (Å²) in [5.41, 5.74) is 0. The Morgan fingerprint density at radius 3 is 1.60 bits per heavy atom. The maximum atomic E-state index is 8.45. The van der Waals surface area contributed by atoms with Gasteiger partial charge in [0.2, 0.25) is 0 Å². The van der Waals surface area contributed by atoms with Crippen molar-refractivity contribution in [2.75, 3.05) is 0 Å². The zero-order chi connectivity index (χ0) is 4.50. The molecule has 1 N–H and O–H groups in total. The quantitative estimate of drug-likeness (QED) is 0.310. The summed E-state index contributed by atoms with van der Waals surface area (Å²) in [6.07, 6.45) is 0. The number of hydrogen-bond donors (Lipinski definition) is 1. The Morgan fingerprint density at radius 1 is 1.60 bits per heavy atom. The van der Waals surface area contributed by atoms with Crippen LogP contribution in [-0.4, -0.2) is 17.9 Å². The van der Waals surface area contributed by atoms with Crippen molar-refractivity contribution in [3.8, 4) is 0 Å². The van der Waals surface area contributed by atoms with Crippen molar-refractivity contribution in [2.45, 2.75) is 4.98 Å². The molecule has 0 amide bonds. The zero-order valence-corrected chi connectivity index (χ0v) is 5.41. The van der Waals surface area contributed by atoms with Crippen LogP contribution < -0.4 is 0 Å². The molecule has 0 spiro atoms. The maximum absolute atomic E-state index is 8.45. The molecule has 0 aliphatic heterocycles. The maximum Gasteiger partial charge on any atom is 0.152 e. The predicted octanol–water partition coefficient (Wildman–Crippen LogP) is -1.03. The fourth-order valence-corrected chi connectivity index (χ4v) is 0. The van der Waals surface area contributed by atoms with E-state index in [4.69, 9.17) is 5.11 Å². The topological polar surface area (TPSA) is 20.2 Å². The molecule has 0 saturated carbocycles. The van der Waals surface area contributed by atoms with Gasteiger partial charge in [-0.1, -0.05) is 0 Å². The summed E-state index contributed by atoms with van der Waals surface area (Å²) in [5, 5.41) is 8.45. The van der Waals surface area contributed by atoms with E-state index in [1.807, 2.05) is 0 Å². The summed E-state index contributed by atoms with van der Waals surface area (Å²) in [6.45, 7) is 0. The third-order valence-corrected chi connectivity index (χ3v) is 0. The Balaban J connectivity index is 3.02. The van der Waals surface area contributed by atoms with Crippen molar-refractivity contribution in [1.82, 2.24) is 0 Å². The van der Waals surface area contributed by atoms with Crippen molar-refractivity contribution < 1.29 is 5.11 Å². The van der Waals surface area contributed by atoms with Gasteiger partial charge in [-0.05, 0) is 0 Å². The predicted molar refractivity (Wildman–Crippen MR) is 32.9 cm³/mol. The number of hydrogen-bond acceptors (Lipinski definition) is 1. The Labute approximate surface area is 37.3 Å². The molecule has 0 aliphatic rings. The highest BCUT2D eigenvalue weighted by molar-refractivity contribution is 7.43. The minimum atomic E-state index is -0.667. The van der Waals surface area contributed by atoms with Gasteiger partial charge < -0.3 is 5.11 Å². The standard InChI is InChI=1S/CH7BOP2/c2-1(3,4)5/h3H,2,4-5H2. The third-order valence-electron chi connectivity index (χ3n) is 0. The molecule has 0 fully saturated rings. The molecule has 0 aromatic rings. The minimum Gasteiger partial charge on any atom is -0.391 e. The summed E-state index contributed by atoms with van der Waals surface area (Å²) in [4.78, 5) is -0.667. The largest absolute Gasteiger partial charge is 0.391 e. The highest BCUT2D eigenvalue weighted by Crippen LogP contribution is 2.15. The van der Waals surface area contributed by atoms with Crippen LogP contribution in [0.2, 0.25) is 0 Å². The normalized spacial score (nSPS) is 11.8. The molecular weight excluding hydrogens is 101 g/mol. The lowest BCUT2D eigenvalue weighted by Crippen LogP contribution is -2.05. The van der Waals surface area contributed by atoms with Gasteiger partial charge in [0.1, 0.15) is 0 Å². The first-order chi connectivity index (χ1) is 2.00. The van der Waals surface area contributed by atoms with Crippen LogP contribution in [0.1, 0.15) is 0 Å². The van der Waals surface area contributed by atoms with Crippen LogP contribution in [0.5, 0.6) is 0 Å². The van der Waals surface area contributed by atoms with E-state index >= 15 is 0 Å². The van der Waals surface area contributed by atoms with Crippen molar-refractivity contribution in [3.05, 3.63) is 0 Å². The summed E-state index contributed by atoms with van der Waals surface area (Å²) in [6, 6.07) is 0. The first kappa shape index (κ1) is 5.88. The van der Waals surface area contributed by atoms with Gasteiger partial charge in [0, 0.05) is 0 Å². The molecule has 4 heteroatoms. The molecule has 0 aromatic carbocycles. The van der Waals surface area contributed by atoms with Gasteiger partial charge in [-0.2, -0.15) is 0 Å². The zero-order valence-electron chi connectivity index (χ0n) is 3.10. The van der Waals surface area contributed by atoms with Gasteiger partial charge in [-0.25, -0.2) is 0 Å². The molecule has 5 heavy (non-hydrogen) atoms. The van der Waals surface area contributed by atoms with Gasteiger partial charge in [0.25, 0.3) is 0 Å². The van der Waals surface area contributed by atoms with E-state index in [2.05, 4.69) is 18.5 Å². The molecule has 30 valence electrons. The van der Waals surface area contributed by atoms with Crippen LogP contribution in [0.4, 0.5) is 0 Å². The van der Waals surface area contributed by atoms with Crippen LogP contribution in [-0.2, 0) is 0 Å². The van der Waals surface area contributed by atoms with Crippen LogP contribution in [0.25, 0.3) is 0 Å². The van der Waals surface area contributed by atoms with Crippen LogP contribution in [0.3, 0.4) is 0 Å². The summed E-state index contributed by atoms with van der Waals surface area (Å²) in [5.74, 6) is 0. The first-order valence-electron chi connectivity index (χ1n) is 1.30. The first-order valence-corrected chi connectivity index (χ1v) is 2.46. The second kappa shape index (κ2) is 1.56. The van der Waals surface area contributed by atoms with Gasteiger partial charge >= 0.3 is 0 Å². The summed E-state index contributed by atoms with van der Waals surface area (Å²) < 4.78 is 0. The van der Waals surface area contributed by atoms with Gasteiger partial charge in [-0.15, -0.1) is 18.5 Å². The Hall–Kier alpha value is 0.885. The monoisotopic (exact) mass is 108 g/mol. The van der Waals surface area contributed by atoms with Crippen molar-refractivity contribution in [1.29, 1.82) is 0 Å². The SMILES string of the molecule is BC(O)(P)P. The van der Waals surface area contributed by atoms with Gasteiger partial charge in [0.05, 0.1) is 4.98 Å². The average Bonchev–Trinajstić information content (AvgIpc) is 0.722. The fourth-order valence-electron chi connectivity index (χ4n) is 0. The Bertz CT molecular complexity index is 25.1. The highest BCUT2D eigenvalue weighted by Gasteiger charge is 1.98. The second-order valence-corrected chi connectivity index (χ2v) is 4.23. The van der Waals surface area contributed by atoms with Crippen LogP contribution in [0.15, 0.2) is 0 Å². The Kier molecular flexibility index (Phi) is 1.83. The molecule has 1 nitrogen and oxygen atoms in total. The van der Waals surface area contributed by atoms with E-state index in [0.29, 0.717) is 0 Å². The smallest absolute Gasteiger partial charge is 0.152 e. The molecule has 0 radical (unpaired) electrons. The van der Waals surface area contributed by atoms with E-state index in [1.54, 1.807) is 7.85 Å². The molecule has 0 heterocycles. The van der Waals surface area contributed by atoms with Crippen LogP contribution in [0, 0.1) is 0 Å². The molecule has 2 atom stereocenters. The third kappa shape index (κ3) is 51.9. The van der Waals surface area contributed by atoms with Gasteiger partial charge in [0.15, 0.2) is 7.85 Å². The van der Waals surface area contributed by atoms with Crippen molar-refractivity contribution in [3.63, 3.8) is 0 Å². The van der Waals surface area contributed by atoms with E-state index in [9.17, 15) is 0 Å². The summed E-state index contributed by atoms with van der Waals surface area (Å²) in [7, 11) is 6.14. The minimum absolute atomic E-state index is 0.667. The molecule has 0 bridgehead atoms. The molecule has 0 aromatic heterocycles. The molecule has 0 saturated heterocycles. The molecular formula is CH7BOP2. The lowest BCUT2D eigenvalue weighted by atomic mass is 10.2. The fraction of sp³-hybridized carbons (Fsp3) is 1.00. The average molecular weight is 108 g/mol. The van der Waals surface area contributed by atoms with Crippen LogP contribution >= 0.6 is 18.5 Å². The number of rotatable bonds is 0. The summed E-state index contributed by atoms with van der Waals surface area (Å²) >= 11 is 0. The Morgan fingerprint density at radius 2 is 1.60 bits per heavy atom. The lowest BCUT2D eigenvalue weighted by molar-refractivity contribution is 0.308. The van der Waals surface area contributed by atoms with E-state index in [1.165, 1.54) is 0 Å². The molecule has 0 rings (SSSR count). The van der Waals surface area contributed by atoms with E-state index in [-0.39, 0.29) is 0 Å². The van der Waals surface area contributed by atoms with Crippen molar-refractivity contribution in [2.24, 2.45) is 0 Å². The van der Waals surface area contributed by atoms with E-state index in [0.717, 1.165) is 0 Å². The second-order valence-electron chi connectivity index (χ2n) is 1.23. The highest BCUT2D eigenvalue weighted by atomic mass is 31.1. The lowest BCUT2D eigenvalue weighted by Gasteiger charge is -2.04. The van der Waals surface area contributed by atoms with E-state index < -0.39 is 4.98 Å². The molecule has 2 unspecified atom stereocenters. The van der Waals surface area contributed by atoms with Gasteiger partial charge in [-0.3, -0.25) is 0 Å².